The first-order chi connectivity index (χ1) is 12.0. The number of benzene rings is 1. The number of hydrogen-bond donors (Lipinski definition) is 0. The van der Waals surface area contributed by atoms with Gasteiger partial charge in [-0.15, -0.1) is 0 Å². The van der Waals surface area contributed by atoms with Crippen LogP contribution < -0.4 is 9.47 Å². The highest BCUT2D eigenvalue weighted by Gasteiger charge is 2.24. The van der Waals surface area contributed by atoms with Crippen LogP contribution in [-0.2, 0) is 4.79 Å². The van der Waals surface area contributed by atoms with Gasteiger partial charge in [0.05, 0.1) is 0 Å². The molecule has 6 nitrogen and oxygen atoms in total. The first kappa shape index (κ1) is 17.6. The molecule has 0 radical (unpaired) electrons. The first-order valence-corrected chi connectivity index (χ1v) is 9.01. The monoisotopic (exact) mass is 346 g/mol. The standard InChI is InChI=1S/C19H26N2O4/c1-14(2)12-18(22)20-6-3-7-21(9-8-20)19(23)15-4-5-16-17(13-15)25-11-10-24-16/h4-5,13-14H,3,6-12H2,1-2H3. The summed E-state index contributed by atoms with van der Waals surface area (Å²) in [7, 11) is 0. The molecule has 2 amide bonds. The van der Waals surface area contributed by atoms with E-state index in [0.29, 0.717) is 62.2 Å². The molecule has 0 bridgehead atoms. The van der Waals surface area contributed by atoms with Gasteiger partial charge in [-0.2, -0.15) is 0 Å². The van der Waals surface area contributed by atoms with Crippen LogP contribution in [0.1, 0.15) is 37.0 Å². The molecule has 0 aromatic heterocycles. The number of amides is 2. The molecular weight excluding hydrogens is 320 g/mol. The van der Waals surface area contributed by atoms with E-state index in [4.69, 9.17) is 9.47 Å². The Labute approximate surface area is 148 Å². The number of carbonyl (C=O) groups excluding carboxylic acids is 2. The minimum atomic E-state index is -0.0184. The van der Waals surface area contributed by atoms with Crippen molar-refractivity contribution in [3.63, 3.8) is 0 Å². The van der Waals surface area contributed by atoms with Crippen LogP contribution in [0.5, 0.6) is 11.5 Å². The van der Waals surface area contributed by atoms with Crippen LogP contribution in [0.25, 0.3) is 0 Å². The molecular formula is C19H26N2O4. The number of hydrogen-bond acceptors (Lipinski definition) is 4. The van der Waals surface area contributed by atoms with Gasteiger partial charge in [-0.05, 0) is 30.5 Å². The maximum absolute atomic E-state index is 12.8. The quantitative estimate of drug-likeness (QED) is 0.842. The highest BCUT2D eigenvalue weighted by Crippen LogP contribution is 2.31. The summed E-state index contributed by atoms with van der Waals surface area (Å²) < 4.78 is 11.1. The summed E-state index contributed by atoms with van der Waals surface area (Å²) in [6, 6.07) is 5.32. The van der Waals surface area contributed by atoms with Gasteiger partial charge in [-0.25, -0.2) is 0 Å². The second-order valence-electron chi connectivity index (χ2n) is 6.98. The molecule has 1 fully saturated rings. The highest BCUT2D eigenvalue weighted by atomic mass is 16.6. The maximum atomic E-state index is 12.8. The zero-order valence-corrected chi connectivity index (χ0v) is 15.0. The summed E-state index contributed by atoms with van der Waals surface area (Å²) >= 11 is 0. The van der Waals surface area contributed by atoms with Gasteiger partial charge in [-0.1, -0.05) is 13.8 Å². The van der Waals surface area contributed by atoms with E-state index in [9.17, 15) is 9.59 Å². The average Bonchev–Trinajstić information content (AvgIpc) is 2.86. The third kappa shape index (κ3) is 4.24. The second kappa shape index (κ2) is 7.76. The lowest BCUT2D eigenvalue weighted by Gasteiger charge is -2.24. The Morgan fingerprint density at radius 2 is 1.68 bits per heavy atom. The van der Waals surface area contributed by atoms with E-state index in [2.05, 4.69) is 0 Å². The molecule has 2 heterocycles. The van der Waals surface area contributed by atoms with E-state index in [-0.39, 0.29) is 11.8 Å². The number of rotatable bonds is 3. The van der Waals surface area contributed by atoms with E-state index in [1.165, 1.54) is 0 Å². The van der Waals surface area contributed by atoms with Gasteiger partial charge < -0.3 is 19.3 Å². The summed E-state index contributed by atoms with van der Waals surface area (Å²) in [5.41, 5.74) is 0.603. The van der Waals surface area contributed by atoms with Gasteiger partial charge in [0.15, 0.2) is 11.5 Å². The molecule has 6 heteroatoms. The Morgan fingerprint density at radius 1 is 1.00 bits per heavy atom. The molecule has 0 aliphatic carbocycles. The third-order valence-electron chi connectivity index (χ3n) is 4.51. The minimum absolute atomic E-state index is 0.0184. The first-order valence-electron chi connectivity index (χ1n) is 9.01. The molecule has 3 rings (SSSR count). The maximum Gasteiger partial charge on any atom is 0.254 e. The fourth-order valence-corrected chi connectivity index (χ4v) is 3.21. The van der Waals surface area contributed by atoms with Crippen molar-refractivity contribution >= 4 is 11.8 Å². The number of ether oxygens (including phenoxy) is 2. The Bertz CT molecular complexity index is 644. The molecule has 0 saturated carbocycles. The zero-order chi connectivity index (χ0) is 17.8. The molecule has 1 aromatic carbocycles. The van der Waals surface area contributed by atoms with E-state index in [1.807, 2.05) is 23.6 Å². The van der Waals surface area contributed by atoms with Crippen molar-refractivity contribution in [2.75, 3.05) is 39.4 Å². The predicted molar refractivity (Wildman–Crippen MR) is 94.0 cm³/mol. The van der Waals surface area contributed by atoms with Crippen LogP contribution in [0.2, 0.25) is 0 Å². The highest BCUT2D eigenvalue weighted by molar-refractivity contribution is 5.95. The molecule has 2 aliphatic heterocycles. The van der Waals surface area contributed by atoms with Crippen molar-refractivity contribution in [3.8, 4) is 11.5 Å². The molecule has 1 aromatic rings. The molecule has 0 unspecified atom stereocenters. The summed E-state index contributed by atoms with van der Waals surface area (Å²) in [6.07, 6.45) is 1.37. The van der Waals surface area contributed by atoms with Crippen LogP contribution in [0, 0.1) is 5.92 Å². The molecule has 2 aliphatic rings. The smallest absolute Gasteiger partial charge is 0.254 e. The van der Waals surface area contributed by atoms with Crippen molar-refractivity contribution in [1.29, 1.82) is 0 Å². The topological polar surface area (TPSA) is 59.1 Å². The van der Waals surface area contributed by atoms with Crippen LogP contribution in [0.3, 0.4) is 0 Å². The Morgan fingerprint density at radius 3 is 2.44 bits per heavy atom. The molecule has 1 saturated heterocycles. The van der Waals surface area contributed by atoms with Gasteiger partial charge in [0.25, 0.3) is 5.91 Å². The molecule has 136 valence electrons. The fourth-order valence-electron chi connectivity index (χ4n) is 3.21. The van der Waals surface area contributed by atoms with Crippen molar-refractivity contribution in [1.82, 2.24) is 9.80 Å². The second-order valence-corrected chi connectivity index (χ2v) is 6.98. The molecule has 0 N–H and O–H groups in total. The van der Waals surface area contributed by atoms with Crippen molar-refractivity contribution < 1.29 is 19.1 Å². The third-order valence-corrected chi connectivity index (χ3v) is 4.51. The van der Waals surface area contributed by atoms with Crippen molar-refractivity contribution in [3.05, 3.63) is 23.8 Å². The van der Waals surface area contributed by atoms with Crippen LogP contribution >= 0.6 is 0 Å². The summed E-state index contributed by atoms with van der Waals surface area (Å²) in [4.78, 5) is 28.8. The predicted octanol–water partition coefficient (Wildman–Crippen LogP) is 2.18. The normalized spacial score (nSPS) is 17.4. The Kier molecular flexibility index (Phi) is 5.46. The van der Waals surface area contributed by atoms with E-state index in [1.54, 1.807) is 18.2 Å². The number of nitrogens with zero attached hydrogens (tertiary/aromatic N) is 2. The lowest BCUT2D eigenvalue weighted by Crippen LogP contribution is -2.37. The SMILES string of the molecule is CC(C)CC(=O)N1CCCN(C(=O)c2ccc3c(c2)OCCO3)CC1. The fraction of sp³-hybridized carbons (Fsp3) is 0.579. The van der Waals surface area contributed by atoms with Gasteiger partial charge in [0.1, 0.15) is 13.2 Å². The van der Waals surface area contributed by atoms with Gasteiger partial charge >= 0.3 is 0 Å². The molecule has 0 atom stereocenters. The van der Waals surface area contributed by atoms with Gasteiger partial charge in [-0.3, -0.25) is 9.59 Å². The lowest BCUT2D eigenvalue weighted by atomic mass is 10.1. The summed E-state index contributed by atoms with van der Waals surface area (Å²) in [6.45, 7) is 7.68. The van der Waals surface area contributed by atoms with Gasteiger partial charge in [0.2, 0.25) is 5.91 Å². The largest absolute Gasteiger partial charge is 0.486 e. The summed E-state index contributed by atoms with van der Waals surface area (Å²) in [5, 5.41) is 0. The molecule has 0 spiro atoms. The number of fused-ring (bicyclic) bond motifs is 1. The zero-order valence-electron chi connectivity index (χ0n) is 15.0. The van der Waals surface area contributed by atoms with E-state index in [0.717, 1.165) is 13.0 Å². The van der Waals surface area contributed by atoms with E-state index < -0.39 is 0 Å². The van der Waals surface area contributed by atoms with Crippen LogP contribution in [0.15, 0.2) is 18.2 Å². The Hall–Kier alpha value is -2.24. The van der Waals surface area contributed by atoms with E-state index >= 15 is 0 Å². The van der Waals surface area contributed by atoms with Crippen LogP contribution in [0.4, 0.5) is 0 Å². The van der Waals surface area contributed by atoms with Crippen LogP contribution in [-0.4, -0.2) is 61.0 Å². The Balaban J connectivity index is 1.64. The minimum Gasteiger partial charge on any atom is -0.486 e. The van der Waals surface area contributed by atoms with Crippen molar-refractivity contribution in [2.24, 2.45) is 5.92 Å². The van der Waals surface area contributed by atoms with Gasteiger partial charge in [0, 0.05) is 38.2 Å². The summed E-state index contributed by atoms with van der Waals surface area (Å²) in [5.74, 6) is 1.83. The number of carbonyl (C=O) groups is 2. The lowest BCUT2D eigenvalue weighted by molar-refractivity contribution is -0.131. The average molecular weight is 346 g/mol. The van der Waals surface area contributed by atoms with Crippen molar-refractivity contribution in [2.45, 2.75) is 26.7 Å². The molecule has 25 heavy (non-hydrogen) atoms.